The van der Waals surface area contributed by atoms with Crippen molar-refractivity contribution < 1.29 is 4.79 Å². The Morgan fingerprint density at radius 2 is 2.10 bits per heavy atom. The Morgan fingerprint density at radius 1 is 1.40 bits per heavy atom. The smallest absolute Gasteiger partial charge is 0.257 e. The first kappa shape index (κ1) is 15.5. The average Bonchev–Trinajstić information content (AvgIpc) is 2.77. The largest absolute Gasteiger partial charge is 0.298 e. The molecule has 0 fully saturated rings. The molecule has 2 rings (SSSR count). The molecule has 1 amide bonds. The number of rotatable bonds is 5. The molecule has 1 N–H and O–H groups in total. The maximum Gasteiger partial charge on any atom is 0.257 e. The third-order valence-corrected chi connectivity index (χ3v) is 4.76. The number of thiol groups is 1. The molecular weight excluding hydrogens is 356 g/mol. The maximum absolute atomic E-state index is 12.1. The number of hydrogen-bond donors (Lipinski definition) is 2. The van der Waals surface area contributed by atoms with Gasteiger partial charge in [0.25, 0.3) is 5.91 Å². The second kappa shape index (κ2) is 7.24. The molecule has 0 aliphatic rings. The molecule has 0 saturated carbocycles. The number of benzene rings is 1. The number of aromatic nitrogens is 1. The van der Waals surface area contributed by atoms with Crippen molar-refractivity contribution >= 4 is 50.9 Å². The molecule has 0 unspecified atom stereocenters. The highest BCUT2D eigenvalue weighted by Crippen LogP contribution is 2.24. The van der Waals surface area contributed by atoms with Gasteiger partial charge in [0.05, 0.1) is 5.69 Å². The summed E-state index contributed by atoms with van der Waals surface area (Å²) >= 11 is 9.10. The van der Waals surface area contributed by atoms with E-state index in [0.29, 0.717) is 10.7 Å². The number of thiazole rings is 1. The average molecular weight is 371 g/mol. The molecule has 2 aromatic rings. The number of carbonyl (C=O) groups is 1. The first-order valence-electron chi connectivity index (χ1n) is 6.24. The molecule has 1 aromatic carbocycles. The van der Waals surface area contributed by atoms with E-state index in [-0.39, 0.29) is 5.91 Å². The van der Waals surface area contributed by atoms with Crippen molar-refractivity contribution in [1.82, 2.24) is 4.98 Å². The van der Waals surface area contributed by atoms with Gasteiger partial charge in [0, 0.05) is 14.9 Å². The lowest BCUT2D eigenvalue weighted by molar-refractivity contribution is 0.102. The van der Waals surface area contributed by atoms with Crippen LogP contribution in [-0.2, 0) is 6.42 Å². The molecule has 0 saturated heterocycles. The van der Waals surface area contributed by atoms with Crippen LogP contribution in [0.4, 0.5) is 5.13 Å². The molecule has 0 aliphatic heterocycles. The molecule has 0 atom stereocenters. The number of anilines is 1. The topological polar surface area (TPSA) is 42.0 Å². The van der Waals surface area contributed by atoms with Gasteiger partial charge in [-0.15, -0.1) is 11.3 Å². The summed E-state index contributed by atoms with van der Waals surface area (Å²) in [5.74, 6) is 0.727. The summed E-state index contributed by atoms with van der Waals surface area (Å²) in [5, 5.41) is 3.51. The highest BCUT2D eigenvalue weighted by atomic mass is 79.9. The van der Waals surface area contributed by atoms with Crippen molar-refractivity contribution in [1.29, 1.82) is 0 Å². The van der Waals surface area contributed by atoms with Gasteiger partial charge < -0.3 is 0 Å². The Bertz CT molecular complexity index is 596. The molecule has 6 heteroatoms. The zero-order chi connectivity index (χ0) is 14.5. The predicted molar refractivity (Wildman–Crippen MR) is 91.1 cm³/mol. The fourth-order valence-electron chi connectivity index (χ4n) is 1.72. The van der Waals surface area contributed by atoms with Gasteiger partial charge in [-0.2, -0.15) is 12.6 Å². The highest BCUT2D eigenvalue weighted by molar-refractivity contribution is 9.10. The van der Waals surface area contributed by atoms with Crippen molar-refractivity contribution in [2.45, 2.75) is 19.8 Å². The third kappa shape index (κ3) is 4.07. The molecule has 0 aliphatic carbocycles. The number of amides is 1. The van der Waals surface area contributed by atoms with Crippen LogP contribution in [0.15, 0.2) is 28.7 Å². The molecule has 3 nitrogen and oxygen atoms in total. The monoisotopic (exact) mass is 370 g/mol. The van der Waals surface area contributed by atoms with E-state index in [0.717, 1.165) is 28.8 Å². The number of nitrogens with zero attached hydrogens (tertiary/aromatic N) is 1. The fraction of sp³-hybridized carbons (Fsp3) is 0.286. The number of carbonyl (C=O) groups excluding carboxylic acids is 1. The van der Waals surface area contributed by atoms with E-state index in [1.54, 1.807) is 12.1 Å². The highest BCUT2D eigenvalue weighted by Gasteiger charge is 2.11. The summed E-state index contributed by atoms with van der Waals surface area (Å²) in [7, 11) is 0. The molecule has 1 aromatic heterocycles. The van der Waals surface area contributed by atoms with Gasteiger partial charge in [-0.1, -0.05) is 15.9 Å². The summed E-state index contributed by atoms with van der Waals surface area (Å²) < 4.78 is 0.952. The molecule has 20 heavy (non-hydrogen) atoms. The molecule has 0 bridgehead atoms. The van der Waals surface area contributed by atoms with Crippen molar-refractivity contribution in [2.75, 3.05) is 11.1 Å². The summed E-state index contributed by atoms with van der Waals surface area (Å²) in [5.41, 5.74) is 1.61. The summed E-state index contributed by atoms with van der Waals surface area (Å²) in [4.78, 5) is 17.7. The first-order valence-corrected chi connectivity index (χ1v) is 8.48. The number of nitrogens with one attached hydrogen (secondary N) is 1. The maximum atomic E-state index is 12.1. The van der Waals surface area contributed by atoms with E-state index in [9.17, 15) is 4.79 Å². The van der Waals surface area contributed by atoms with E-state index in [1.807, 2.05) is 19.1 Å². The van der Waals surface area contributed by atoms with Crippen molar-refractivity contribution in [3.8, 4) is 0 Å². The first-order chi connectivity index (χ1) is 9.60. The van der Waals surface area contributed by atoms with Crippen LogP contribution < -0.4 is 5.32 Å². The van der Waals surface area contributed by atoms with Gasteiger partial charge in [0.1, 0.15) is 0 Å². The zero-order valence-electron chi connectivity index (χ0n) is 11.0. The third-order valence-electron chi connectivity index (χ3n) is 2.78. The van der Waals surface area contributed by atoms with Crippen LogP contribution in [0.5, 0.6) is 0 Å². The number of hydrogen-bond acceptors (Lipinski definition) is 4. The van der Waals surface area contributed by atoms with Crippen LogP contribution in [0.2, 0.25) is 0 Å². The van der Waals surface area contributed by atoms with Crippen molar-refractivity contribution in [2.24, 2.45) is 0 Å². The minimum Gasteiger partial charge on any atom is -0.298 e. The Labute approximate surface area is 136 Å². The van der Waals surface area contributed by atoms with Crippen LogP contribution in [-0.4, -0.2) is 16.6 Å². The standard InChI is InChI=1S/C14H15BrN2OS2/c1-9-12(3-2-8-19)20-14(16-9)17-13(18)10-4-6-11(15)7-5-10/h4-7,19H,2-3,8H2,1H3,(H,16,17,18). The Morgan fingerprint density at radius 3 is 2.75 bits per heavy atom. The molecule has 1 heterocycles. The summed E-state index contributed by atoms with van der Waals surface area (Å²) in [6.45, 7) is 1.97. The van der Waals surface area contributed by atoms with Gasteiger partial charge in [-0.05, 0) is 49.8 Å². The lowest BCUT2D eigenvalue weighted by Crippen LogP contribution is -2.11. The lowest BCUT2D eigenvalue weighted by Gasteiger charge is -2.01. The second-order valence-electron chi connectivity index (χ2n) is 4.32. The quantitative estimate of drug-likeness (QED) is 0.769. The van der Waals surface area contributed by atoms with Crippen LogP contribution in [0.3, 0.4) is 0 Å². The Hall–Kier alpha value is -0.850. The predicted octanol–water partition coefficient (Wildman–Crippen LogP) is 4.33. The van der Waals surface area contributed by atoms with Crippen LogP contribution in [0, 0.1) is 6.92 Å². The van der Waals surface area contributed by atoms with Crippen molar-refractivity contribution in [3.05, 3.63) is 44.9 Å². The van der Waals surface area contributed by atoms with Crippen LogP contribution >= 0.6 is 39.9 Å². The van der Waals surface area contributed by atoms with Gasteiger partial charge >= 0.3 is 0 Å². The normalized spacial score (nSPS) is 10.6. The number of halogens is 1. The van der Waals surface area contributed by atoms with Gasteiger partial charge in [-0.25, -0.2) is 4.98 Å². The minimum absolute atomic E-state index is 0.132. The SMILES string of the molecule is Cc1nc(NC(=O)c2ccc(Br)cc2)sc1CCCS. The van der Waals surface area contributed by atoms with Gasteiger partial charge in [-0.3, -0.25) is 10.1 Å². The van der Waals surface area contributed by atoms with Crippen LogP contribution in [0.1, 0.15) is 27.3 Å². The fourth-order valence-corrected chi connectivity index (χ4v) is 3.15. The van der Waals surface area contributed by atoms with E-state index in [2.05, 4.69) is 38.9 Å². The molecule has 106 valence electrons. The van der Waals surface area contributed by atoms with E-state index < -0.39 is 0 Å². The lowest BCUT2D eigenvalue weighted by atomic mass is 10.2. The zero-order valence-corrected chi connectivity index (χ0v) is 14.3. The van der Waals surface area contributed by atoms with Gasteiger partial charge in [0.2, 0.25) is 0 Å². The van der Waals surface area contributed by atoms with E-state index >= 15 is 0 Å². The summed E-state index contributed by atoms with van der Waals surface area (Å²) in [6, 6.07) is 7.25. The Balaban J connectivity index is 2.06. The molecular formula is C14H15BrN2OS2. The van der Waals surface area contributed by atoms with Crippen LogP contribution in [0.25, 0.3) is 0 Å². The van der Waals surface area contributed by atoms with E-state index in [4.69, 9.17) is 0 Å². The minimum atomic E-state index is -0.132. The number of aryl methyl sites for hydroxylation is 2. The Kier molecular flexibility index (Phi) is 5.63. The van der Waals surface area contributed by atoms with E-state index in [1.165, 1.54) is 16.2 Å². The van der Waals surface area contributed by atoms with Crippen molar-refractivity contribution in [3.63, 3.8) is 0 Å². The summed E-state index contributed by atoms with van der Waals surface area (Å²) in [6.07, 6.45) is 1.98. The molecule has 0 radical (unpaired) electrons. The van der Waals surface area contributed by atoms with Gasteiger partial charge in [0.15, 0.2) is 5.13 Å². The second-order valence-corrected chi connectivity index (χ2v) is 6.76. The molecule has 0 spiro atoms.